The molecule has 1 amide bonds. The Morgan fingerprint density at radius 2 is 1.67 bits per heavy atom. The highest BCUT2D eigenvalue weighted by atomic mass is 35.5. The van der Waals surface area contributed by atoms with Crippen molar-refractivity contribution in [2.24, 2.45) is 0 Å². The summed E-state index contributed by atoms with van der Waals surface area (Å²) in [7, 11) is -3.33. The molecule has 0 bridgehead atoms. The predicted octanol–water partition coefficient (Wildman–Crippen LogP) is 3.59. The van der Waals surface area contributed by atoms with Crippen LogP contribution in [0.4, 0.5) is 5.69 Å². The van der Waals surface area contributed by atoms with E-state index in [1.807, 2.05) is 19.1 Å². The summed E-state index contributed by atoms with van der Waals surface area (Å²) in [6.45, 7) is 3.44. The normalized spacial score (nSPS) is 12.5. The van der Waals surface area contributed by atoms with Gasteiger partial charge in [0.15, 0.2) is 0 Å². The molecule has 0 aromatic heterocycles. The number of rotatable bonds is 6. The van der Waals surface area contributed by atoms with Crippen LogP contribution in [-0.4, -0.2) is 20.1 Å². The lowest BCUT2D eigenvalue weighted by Crippen LogP contribution is -2.26. The van der Waals surface area contributed by atoms with E-state index in [-0.39, 0.29) is 17.7 Å². The van der Waals surface area contributed by atoms with Gasteiger partial charge in [-0.1, -0.05) is 23.7 Å². The maximum Gasteiger partial charge on any atom is 0.251 e. The molecule has 2 rings (SSSR count). The molecular formula is C17H19ClN2O3S. The molecule has 0 aliphatic rings. The Hall–Kier alpha value is -2.05. The summed E-state index contributed by atoms with van der Waals surface area (Å²) in [5, 5.41) is 3.53. The van der Waals surface area contributed by atoms with Crippen molar-refractivity contribution in [2.45, 2.75) is 19.9 Å². The van der Waals surface area contributed by atoms with E-state index in [1.165, 1.54) is 0 Å². The number of hydrogen-bond acceptors (Lipinski definition) is 3. The van der Waals surface area contributed by atoms with Crippen LogP contribution in [0.25, 0.3) is 0 Å². The Morgan fingerprint density at radius 3 is 2.21 bits per heavy atom. The molecule has 7 heteroatoms. The fraction of sp³-hybridized carbons (Fsp3) is 0.235. The second-order valence-corrected chi connectivity index (χ2v) is 7.78. The van der Waals surface area contributed by atoms with Crippen LogP contribution < -0.4 is 10.0 Å². The molecule has 0 aliphatic carbocycles. The minimum Gasteiger partial charge on any atom is -0.346 e. The minimum absolute atomic E-state index is 0.00611. The Balaban J connectivity index is 2.03. The number of hydrogen-bond donors (Lipinski definition) is 2. The fourth-order valence-electron chi connectivity index (χ4n) is 2.06. The summed E-state index contributed by atoms with van der Waals surface area (Å²) in [5.74, 6) is -0.240. The first kappa shape index (κ1) is 18.3. The highest BCUT2D eigenvalue weighted by molar-refractivity contribution is 7.92. The van der Waals surface area contributed by atoms with E-state index in [4.69, 9.17) is 11.6 Å². The van der Waals surface area contributed by atoms with Crippen molar-refractivity contribution in [1.82, 2.24) is 5.32 Å². The highest BCUT2D eigenvalue weighted by Gasteiger charge is 2.12. The lowest BCUT2D eigenvalue weighted by atomic mass is 10.1. The van der Waals surface area contributed by atoms with Crippen LogP contribution in [0, 0.1) is 0 Å². The van der Waals surface area contributed by atoms with Gasteiger partial charge in [-0.05, 0) is 55.8 Å². The highest BCUT2D eigenvalue weighted by Crippen LogP contribution is 2.17. The van der Waals surface area contributed by atoms with Crippen molar-refractivity contribution in [3.63, 3.8) is 0 Å². The van der Waals surface area contributed by atoms with Gasteiger partial charge in [-0.2, -0.15) is 0 Å². The molecule has 0 fully saturated rings. The average molecular weight is 367 g/mol. The zero-order valence-corrected chi connectivity index (χ0v) is 15.0. The van der Waals surface area contributed by atoms with E-state index in [1.54, 1.807) is 43.3 Å². The van der Waals surface area contributed by atoms with Gasteiger partial charge in [0, 0.05) is 16.3 Å². The minimum atomic E-state index is -3.33. The summed E-state index contributed by atoms with van der Waals surface area (Å²) in [5.41, 5.74) is 1.83. The van der Waals surface area contributed by atoms with Crippen molar-refractivity contribution >= 4 is 33.2 Å². The molecule has 0 saturated heterocycles. The standard InChI is InChI=1S/C17H19ClN2O3S/c1-3-24(22,23)20-16-10-6-14(7-11-16)17(21)19-12(2)13-4-8-15(18)9-5-13/h4-12,20H,3H2,1-2H3,(H,19,21). The third-order valence-electron chi connectivity index (χ3n) is 3.52. The Kier molecular flexibility index (Phi) is 5.85. The van der Waals surface area contributed by atoms with Crippen LogP contribution in [0.1, 0.15) is 35.8 Å². The topological polar surface area (TPSA) is 75.3 Å². The summed E-state index contributed by atoms with van der Waals surface area (Å²) < 4.78 is 25.5. The molecule has 5 nitrogen and oxygen atoms in total. The van der Waals surface area contributed by atoms with E-state index in [0.29, 0.717) is 16.3 Å². The largest absolute Gasteiger partial charge is 0.346 e. The van der Waals surface area contributed by atoms with Crippen molar-refractivity contribution in [2.75, 3.05) is 10.5 Å². The lowest BCUT2D eigenvalue weighted by molar-refractivity contribution is 0.0940. The Labute approximate surface area is 147 Å². The molecule has 0 aliphatic heterocycles. The summed E-state index contributed by atoms with van der Waals surface area (Å²) in [6, 6.07) is 13.4. The summed E-state index contributed by atoms with van der Waals surface area (Å²) in [4.78, 5) is 12.3. The van der Waals surface area contributed by atoms with E-state index in [9.17, 15) is 13.2 Å². The number of halogens is 1. The molecular weight excluding hydrogens is 348 g/mol. The Bertz CT molecular complexity index is 803. The number of anilines is 1. The monoisotopic (exact) mass is 366 g/mol. The van der Waals surface area contributed by atoms with Crippen LogP contribution in [0.5, 0.6) is 0 Å². The average Bonchev–Trinajstić information content (AvgIpc) is 2.55. The van der Waals surface area contributed by atoms with E-state index in [2.05, 4.69) is 10.0 Å². The van der Waals surface area contributed by atoms with Gasteiger partial charge < -0.3 is 5.32 Å². The number of carbonyl (C=O) groups excluding carboxylic acids is 1. The second-order valence-electron chi connectivity index (χ2n) is 5.33. The molecule has 24 heavy (non-hydrogen) atoms. The van der Waals surface area contributed by atoms with Crippen molar-refractivity contribution in [3.05, 3.63) is 64.7 Å². The van der Waals surface area contributed by atoms with Crippen molar-refractivity contribution in [1.29, 1.82) is 0 Å². The summed E-state index contributed by atoms with van der Waals surface area (Å²) >= 11 is 5.85. The van der Waals surface area contributed by atoms with E-state index < -0.39 is 10.0 Å². The second kappa shape index (κ2) is 7.68. The van der Waals surface area contributed by atoms with Gasteiger partial charge in [0.1, 0.15) is 0 Å². The van der Waals surface area contributed by atoms with Crippen LogP contribution in [0.3, 0.4) is 0 Å². The van der Waals surface area contributed by atoms with Crippen molar-refractivity contribution in [3.8, 4) is 0 Å². The molecule has 1 unspecified atom stereocenters. The van der Waals surface area contributed by atoms with Gasteiger partial charge in [-0.25, -0.2) is 8.42 Å². The van der Waals surface area contributed by atoms with Crippen LogP contribution in [0.2, 0.25) is 5.02 Å². The Morgan fingerprint density at radius 1 is 1.08 bits per heavy atom. The number of carbonyl (C=O) groups is 1. The first-order valence-electron chi connectivity index (χ1n) is 7.47. The predicted molar refractivity (Wildman–Crippen MR) is 96.9 cm³/mol. The van der Waals surface area contributed by atoms with Crippen LogP contribution >= 0.6 is 11.6 Å². The molecule has 0 radical (unpaired) electrons. The third-order valence-corrected chi connectivity index (χ3v) is 5.08. The van der Waals surface area contributed by atoms with Crippen LogP contribution in [-0.2, 0) is 10.0 Å². The van der Waals surface area contributed by atoms with E-state index >= 15 is 0 Å². The number of sulfonamides is 1. The zero-order valence-electron chi connectivity index (χ0n) is 13.4. The van der Waals surface area contributed by atoms with Crippen LogP contribution in [0.15, 0.2) is 48.5 Å². The maximum absolute atomic E-state index is 12.3. The summed E-state index contributed by atoms with van der Waals surface area (Å²) in [6.07, 6.45) is 0. The number of nitrogens with one attached hydrogen (secondary N) is 2. The molecule has 0 spiro atoms. The third kappa shape index (κ3) is 4.97. The molecule has 2 N–H and O–H groups in total. The van der Waals surface area contributed by atoms with E-state index in [0.717, 1.165) is 5.56 Å². The molecule has 2 aromatic carbocycles. The molecule has 1 atom stereocenters. The number of amides is 1. The number of benzene rings is 2. The van der Waals surface area contributed by atoms with Gasteiger partial charge in [0.2, 0.25) is 10.0 Å². The molecule has 128 valence electrons. The molecule has 2 aromatic rings. The molecule has 0 saturated carbocycles. The van der Waals surface area contributed by atoms with Gasteiger partial charge in [-0.3, -0.25) is 9.52 Å². The smallest absolute Gasteiger partial charge is 0.251 e. The zero-order chi connectivity index (χ0) is 17.7. The first-order valence-corrected chi connectivity index (χ1v) is 9.50. The first-order chi connectivity index (χ1) is 11.3. The lowest BCUT2D eigenvalue weighted by Gasteiger charge is -2.15. The van der Waals surface area contributed by atoms with Crippen molar-refractivity contribution < 1.29 is 13.2 Å². The van der Waals surface area contributed by atoms with Gasteiger partial charge in [0.25, 0.3) is 5.91 Å². The molecule has 0 heterocycles. The fourth-order valence-corrected chi connectivity index (χ4v) is 2.82. The maximum atomic E-state index is 12.3. The van der Waals surface area contributed by atoms with Gasteiger partial charge in [0.05, 0.1) is 11.8 Å². The van der Waals surface area contributed by atoms with Gasteiger partial charge in [-0.15, -0.1) is 0 Å². The quantitative estimate of drug-likeness (QED) is 0.820. The van der Waals surface area contributed by atoms with Gasteiger partial charge >= 0.3 is 0 Å². The SMILES string of the molecule is CCS(=O)(=O)Nc1ccc(C(=O)NC(C)c2ccc(Cl)cc2)cc1.